The highest BCUT2D eigenvalue weighted by atomic mass is 32.2. The summed E-state index contributed by atoms with van der Waals surface area (Å²) in [5, 5.41) is 30.5. The maximum Gasteiger partial charge on any atom is 0.512 e. The molecular formula is C15H22N6O5S2. The molecule has 2 aliphatic heterocycles. The normalized spacial score (nSPS) is 22.5. The zero-order chi connectivity index (χ0) is 20.4. The van der Waals surface area contributed by atoms with Gasteiger partial charge in [0.1, 0.15) is 11.5 Å². The van der Waals surface area contributed by atoms with Gasteiger partial charge in [-0.05, 0) is 44.3 Å². The van der Waals surface area contributed by atoms with Crippen molar-refractivity contribution in [2.75, 3.05) is 26.5 Å². The first-order chi connectivity index (χ1) is 13.3. The van der Waals surface area contributed by atoms with Crippen molar-refractivity contribution >= 4 is 35.6 Å². The number of hydrogen-bond acceptors (Lipinski definition) is 10. The van der Waals surface area contributed by atoms with Crippen LogP contribution in [0.1, 0.15) is 25.9 Å². The summed E-state index contributed by atoms with van der Waals surface area (Å²) in [5.74, 6) is -0.0281. The van der Waals surface area contributed by atoms with Crippen molar-refractivity contribution in [1.82, 2.24) is 30.0 Å². The van der Waals surface area contributed by atoms with Crippen LogP contribution in [0.4, 0.5) is 4.79 Å². The van der Waals surface area contributed by atoms with E-state index in [-0.39, 0.29) is 29.9 Å². The first-order valence-corrected chi connectivity index (χ1v) is 10.5. The molecule has 1 saturated heterocycles. The number of thioether (sulfide) groups is 2. The van der Waals surface area contributed by atoms with Gasteiger partial charge in [-0.3, -0.25) is 14.6 Å². The fourth-order valence-electron chi connectivity index (χ4n) is 2.86. The number of hydrogen-bond donors (Lipinski definition) is 2. The van der Waals surface area contributed by atoms with Crippen molar-refractivity contribution in [3.63, 3.8) is 0 Å². The van der Waals surface area contributed by atoms with E-state index in [0.717, 1.165) is 6.42 Å². The van der Waals surface area contributed by atoms with E-state index in [4.69, 9.17) is 9.84 Å². The summed E-state index contributed by atoms with van der Waals surface area (Å²) in [6.45, 7) is 1.73. The third kappa shape index (κ3) is 3.97. The lowest BCUT2D eigenvalue weighted by Crippen LogP contribution is -2.58. The summed E-state index contributed by atoms with van der Waals surface area (Å²) in [5.41, 5.74) is 0. The molecule has 1 amide bonds. The van der Waals surface area contributed by atoms with Crippen LogP contribution in [0.3, 0.4) is 0 Å². The third-order valence-corrected chi connectivity index (χ3v) is 7.06. The lowest BCUT2D eigenvalue weighted by Gasteiger charge is -2.40. The van der Waals surface area contributed by atoms with Crippen molar-refractivity contribution in [2.45, 2.75) is 36.5 Å². The Balaban J connectivity index is 1.59. The Bertz CT molecular complexity index is 785. The van der Waals surface area contributed by atoms with Gasteiger partial charge >= 0.3 is 6.16 Å². The molecule has 0 aliphatic carbocycles. The summed E-state index contributed by atoms with van der Waals surface area (Å²) in [7, 11) is 3.89. The molecule has 2 aliphatic rings. The van der Waals surface area contributed by atoms with E-state index in [2.05, 4.69) is 15.5 Å². The number of fused-ring (bicyclic) bond motifs is 1. The molecule has 0 radical (unpaired) electrons. The van der Waals surface area contributed by atoms with Gasteiger partial charge in [-0.25, -0.2) is 9.48 Å². The number of carbonyl (C=O) groups excluding carboxylic acids is 1. The Kier molecular flexibility index (Phi) is 6.47. The van der Waals surface area contributed by atoms with Gasteiger partial charge in [-0.2, -0.15) is 0 Å². The highest BCUT2D eigenvalue weighted by Crippen LogP contribution is 2.50. The molecule has 1 fully saturated rings. The highest BCUT2D eigenvalue weighted by molar-refractivity contribution is 8.04. The van der Waals surface area contributed by atoms with E-state index in [1.807, 2.05) is 25.9 Å². The maximum atomic E-state index is 12.1. The van der Waals surface area contributed by atoms with E-state index in [9.17, 15) is 14.7 Å². The van der Waals surface area contributed by atoms with Gasteiger partial charge in [0.05, 0.1) is 12.5 Å². The number of aliphatic hydroxyl groups is 1. The molecule has 0 saturated carbocycles. The summed E-state index contributed by atoms with van der Waals surface area (Å²) in [6, 6.07) is 0. The molecule has 0 bridgehead atoms. The topological polar surface area (TPSA) is 134 Å². The largest absolute Gasteiger partial charge is 0.512 e. The van der Waals surface area contributed by atoms with Gasteiger partial charge in [0.25, 0.3) is 0 Å². The Hall–Kier alpha value is -1.83. The molecule has 3 rings (SSSR count). The maximum absolute atomic E-state index is 12.1. The summed E-state index contributed by atoms with van der Waals surface area (Å²) in [4.78, 5) is 27.1. The van der Waals surface area contributed by atoms with Crippen LogP contribution < -0.4 is 0 Å². The molecule has 1 aromatic heterocycles. The monoisotopic (exact) mass is 430 g/mol. The molecule has 1 aromatic rings. The average Bonchev–Trinajstić information content (AvgIpc) is 3.21. The molecule has 0 spiro atoms. The zero-order valence-electron chi connectivity index (χ0n) is 15.7. The second-order valence-electron chi connectivity index (χ2n) is 6.56. The van der Waals surface area contributed by atoms with Gasteiger partial charge in [0, 0.05) is 10.7 Å². The van der Waals surface area contributed by atoms with E-state index in [1.165, 1.54) is 28.4 Å². The number of β-lactam (4-membered cyclic amide) rings is 1. The van der Waals surface area contributed by atoms with Gasteiger partial charge < -0.3 is 14.9 Å². The van der Waals surface area contributed by atoms with Crippen molar-refractivity contribution in [3.8, 4) is 0 Å². The molecule has 13 heteroatoms. The number of carboxylic acid groups (broad SMARTS) is 1. The molecule has 0 aromatic carbocycles. The second-order valence-corrected chi connectivity index (χ2v) is 8.83. The Labute approximate surface area is 170 Å². The van der Waals surface area contributed by atoms with Crippen LogP contribution in [0, 0.1) is 5.92 Å². The zero-order valence-corrected chi connectivity index (χ0v) is 17.3. The third-order valence-electron chi connectivity index (χ3n) is 4.60. The molecule has 1 unspecified atom stereocenters. The molecule has 154 valence electrons. The lowest BCUT2D eigenvalue weighted by atomic mass is 10.00. The van der Waals surface area contributed by atoms with Gasteiger partial charge in [-0.15, -0.1) is 5.10 Å². The molecule has 3 atom stereocenters. The number of aliphatic hydroxyl groups excluding tert-OH is 1. The molecular weight excluding hydrogens is 408 g/mol. The van der Waals surface area contributed by atoms with E-state index < -0.39 is 12.1 Å². The Morgan fingerprint density at radius 1 is 1.46 bits per heavy atom. The van der Waals surface area contributed by atoms with Crippen molar-refractivity contribution in [2.24, 2.45) is 5.92 Å². The number of tetrazole rings is 1. The molecule has 28 heavy (non-hydrogen) atoms. The van der Waals surface area contributed by atoms with Crippen LogP contribution in [0.2, 0.25) is 0 Å². The summed E-state index contributed by atoms with van der Waals surface area (Å²) >= 11 is 2.89. The van der Waals surface area contributed by atoms with Crippen molar-refractivity contribution in [1.29, 1.82) is 0 Å². The lowest BCUT2D eigenvalue weighted by molar-refractivity contribution is -0.151. The van der Waals surface area contributed by atoms with Crippen LogP contribution in [0.15, 0.2) is 15.9 Å². The van der Waals surface area contributed by atoms with Crippen LogP contribution in [0.25, 0.3) is 0 Å². The number of carbonyl (C=O) groups is 2. The fraction of sp³-hybridized carbons (Fsp3) is 0.667. The van der Waals surface area contributed by atoms with Crippen LogP contribution in [-0.2, 0) is 9.53 Å². The van der Waals surface area contributed by atoms with Gasteiger partial charge in [0.15, 0.2) is 0 Å². The number of aromatic nitrogens is 4. The standard InChI is InChI=1S/C15H22N6O5S2/c1-8(19(2)3)21-14(16-17-18-21)27-6-4-5-10-12(26-15(24)25)20-11(23)9(7-22)13(20)28-10/h8-9,13,22H,4-7H2,1-3H3,(H,24,25)/t8?,9-,13+/m0/s1. The SMILES string of the molecule is CC(N(C)C)n1nnnc1SCCCC1=C(OC(=O)O)N2C(=O)[C@H](CO)[C@H]2S1. The number of rotatable bonds is 9. The minimum atomic E-state index is -1.46. The number of allylic oxidation sites excluding steroid dienone is 1. The average molecular weight is 431 g/mol. The minimum absolute atomic E-state index is 0.0195. The first-order valence-electron chi connectivity index (χ1n) is 8.66. The second kappa shape index (κ2) is 8.68. The van der Waals surface area contributed by atoms with Gasteiger partial charge in [0.2, 0.25) is 16.9 Å². The number of amides is 1. The molecule has 2 N–H and O–H groups in total. The van der Waals surface area contributed by atoms with Crippen molar-refractivity contribution < 1.29 is 24.5 Å². The summed E-state index contributed by atoms with van der Waals surface area (Å²) in [6.07, 6.45) is -0.156. The minimum Gasteiger partial charge on any atom is -0.449 e. The predicted molar refractivity (Wildman–Crippen MR) is 101 cm³/mol. The number of ether oxygens (including phenoxy) is 1. The van der Waals surface area contributed by atoms with E-state index >= 15 is 0 Å². The fourth-order valence-corrected chi connectivity index (χ4v) is 5.21. The van der Waals surface area contributed by atoms with Gasteiger partial charge in [-0.1, -0.05) is 23.5 Å². The predicted octanol–water partition coefficient (Wildman–Crippen LogP) is 1.01. The smallest absolute Gasteiger partial charge is 0.449 e. The quantitative estimate of drug-likeness (QED) is 0.251. The van der Waals surface area contributed by atoms with Crippen LogP contribution >= 0.6 is 23.5 Å². The first kappa shape index (κ1) is 20.9. The molecule has 3 heterocycles. The van der Waals surface area contributed by atoms with E-state index in [1.54, 1.807) is 4.68 Å². The van der Waals surface area contributed by atoms with E-state index in [0.29, 0.717) is 22.2 Å². The highest BCUT2D eigenvalue weighted by Gasteiger charge is 2.55. The summed E-state index contributed by atoms with van der Waals surface area (Å²) < 4.78 is 6.59. The van der Waals surface area contributed by atoms with Crippen molar-refractivity contribution in [3.05, 3.63) is 10.8 Å². The Morgan fingerprint density at radius 3 is 2.86 bits per heavy atom. The van der Waals surface area contributed by atoms with Crippen LogP contribution in [-0.4, -0.2) is 84.1 Å². The Morgan fingerprint density at radius 2 is 2.21 bits per heavy atom. The molecule has 11 nitrogen and oxygen atoms in total. The van der Waals surface area contributed by atoms with Crippen LogP contribution in [0.5, 0.6) is 0 Å². The number of nitrogens with zero attached hydrogens (tertiary/aromatic N) is 6.